The minimum Gasteiger partial charge on any atom is -0.495 e. The lowest BCUT2D eigenvalue weighted by Crippen LogP contribution is -2.43. The van der Waals surface area contributed by atoms with Crippen molar-refractivity contribution in [3.63, 3.8) is 0 Å². The van der Waals surface area contributed by atoms with Crippen molar-refractivity contribution in [3.05, 3.63) is 23.8 Å². The number of carbonyl (C=O) groups excluding carboxylic acids is 1. The lowest BCUT2D eigenvalue weighted by Gasteiger charge is -2.18. The Hall–Kier alpha value is -2.24. The third kappa shape index (κ3) is 5.33. The number of hydrogen-bond acceptors (Lipinski definition) is 3. The summed E-state index contributed by atoms with van der Waals surface area (Å²) in [6.07, 6.45) is 0.369. The summed E-state index contributed by atoms with van der Waals surface area (Å²) in [7, 11) is 1.51. The van der Waals surface area contributed by atoms with Crippen LogP contribution in [0.2, 0.25) is 0 Å². The molecule has 6 nitrogen and oxygen atoms in total. The molecule has 0 fully saturated rings. The van der Waals surface area contributed by atoms with Gasteiger partial charge < -0.3 is 20.5 Å². The highest BCUT2D eigenvalue weighted by atomic mass is 16.5. The molecule has 1 rings (SSSR count). The van der Waals surface area contributed by atoms with E-state index in [1.807, 2.05) is 26.8 Å². The van der Waals surface area contributed by atoms with E-state index in [1.54, 1.807) is 12.1 Å². The van der Waals surface area contributed by atoms with Crippen LogP contribution < -0.4 is 15.4 Å². The molecule has 3 N–H and O–H groups in total. The van der Waals surface area contributed by atoms with E-state index in [4.69, 9.17) is 9.84 Å². The molecule has 1 atom stereocenters. The number of carboxylic acids is 1. The first-order chi connectivity index (χ1) is 9.83. The summed E-state index contributed by atoms with van der Waals surface area (Å²) in [6, 6.07) is 3.89. The number of methoxy groups -OCH3 is 1. The zero-order valence-corrected chi connectivity index (χ0v) is 12.8. The highest BCUT2D eigenvalue weighted by Crippen LogP contribution is 2.25. The number of nitrogens with one attached hydrogen (secondary N) is 2. The number of ether oxygens (including phenoxy) is 1. The van der Waals surface area contributed by atoms with Gasteiger partial charge in [0.2, 0.25) is 0 Å². The highest BCUT2D eigenvalue weighted by Gasteiger charge is 2.21. The molecule has 2 amide bonds. The van der Waals surface area contributed by atoms with Crippen LogP contribution in [-0.4, -0.2) is 30.3 Å². The van der Waals surface area contributed by atoms with E-state index >= 15 is 0 Å². The maximum absolute atomic E-state index is 11.9. The smallest absolute Gasteiger partial charge is 0.326 e. The number of carboxylic acid groups (broad SMARTS) is 1. The van der Waals surface area contributed by atoms with Crippen molar-refractivity contribution < 1.29 is 19.4 Å². The van der Waals surface area contributed by atoms with Gasteiger partial charge in [-0.1, -0.05) is 19.9 Å². The van der Waals surface area contributed by atoms with Crippen molar-refractivity contribution in [1.29, 1.82) is 0 Å². The summed E-state index contributed by atoms with van der Waals surface area (Å²) in [5.41, 5.74) is 1.46. The predicted octanol–water partition coefficient (Wildman–Crippen LogP) is 2.62. The van der Waals surface area contributed by atoms with E-state index < -0.39 is 18.0 Å². The molecule has 0 bridgehead atoms. The first kappa shape index (κ1) is 16.8. The van der Waals surface area contributed by atoms with Gasteiger partial charge in [-0.15, -0.1) is 0 Å². The zero-order chi connectivity index (χ0) is 16.0. The molecule has 0 aliphatic heterocycles. The molecule has 0 saturated carbocycles. The predicted molar refractivity (Wildman–Crippen MR) is 80.8 cm³/mol. The van der Waals surface area contributed by atoms with E-state index in [9.17, 15) is 9.59 Å². The minimum absolute atomic E-state index is 0.167. The summed E-state index contributed by atoms with van der Waals surface area (Å²) in [4.78, 5) is 23.1. The molecule has 0 heterocycles. The van der Waals surface area contributed by atoms with Gasteiger partial charge in [0.25, 0.3) is 0 Å². The van der Waals surface area contributed by atoms with E-state index in [1.165, 1.54) is 7.11 Å². The molecule has 0 radical (unpaired) electrons. The molecule has 6 heteroatoms. The molecule has 0 saturated heterocycles. The number of anilines is 1. The lowest BCUT2D eigenvalue weighted by atomic mass is 10.0. The Morgan fingerprint density at radius 2 is 2.00 bits per heavy atom. The summed E-state index contributed by atoms with van der Waals surface area (Å²) in [5, 5.41) is 14.2. The van der Waals surface area contributed by atoms with Gasteiger partial charge in [-0.05, 0) is 37.0 Å². The van der Waals surface area contributed by atoms with E-state index in [0.717, 1.165) is 5.56 Å². The molecular formula is C15H22N2O4. The second-order valence-corrected chi connectivity index (χ2v) is 5.32. The van der Waals surface area contributed by atoms with E-state index in [0.29, 0.717) is 17.9 Å². The van der Waals surface area contributed by atoms with Crippen LogP contribution in [0.1, 0.15) is 25.8 Å². The number of carbonyl (C=O) groups is 2. The molecule has 0 spiro atoms. The second kappa shape index (κ2) is 7.52. The van der Waals surface area contributed by atoms with Crippen LogP contribution in [0.3, 0.4) is 0 Å². The molecule has 0 unspecified atom stereocenters. The monoisotopic (exact) mass is 294 g/mol. The fourth-order valence-corrected chi connectivity index (χ4v) is 1.93. The van der Waals surface area contributed by atoms with Gasteiger partial charge in [-0.3, -0.25) is 0 Å². The van der Waals surface area contributed by atoms with Crippen LogP contribution in [-0.2, 0) is 4.79 Å². The molecule has 1 aromatic rings. The summed E-state index contributed by atoms with van der Waals surface area (Å²) < 4.78 is 5.16. The van der Waals surface area contributed by atoms with Gasteiger partial charge in [0.05, 0.1) is 12.8 Å². The Morgan fingerprint density at radius 3 is 2.52 bits per heavy atom. The van der Waals surface area contributed by atoms with E-state index in [-0.39, 0.29) is 5.92 Å². The van der Waals surface area contributed by atoms with Crippen LogP contribution in [0.5, 0.6) is 5.75 Å². The van der Waals surface area contributed by atoms with Crippen molar-refractivity contribution in [2.75, 3.05) is 12.4 Å². The minimum atomic E-state index is -1.05. The molecule has 1 aromatic carbocycles. The first-order valence-electron chi connectivity index (χ1n) is 6.78. The molecule has 0 aromatic heterocycles. The molecule has 0 aliphatic carbocycles. The summed E-state index contributed by atoms with van der Waals surface area (Å²) >= 11 is 0. The maximum Gasteiger partial charge on any atom is 0.326 e. The molecule has 116 valence electrons. The number of aliphatic carboxylic acids is 1. The van der Waals surface area contributed by atoms with Crippen LogP contribution in [0.15, 0.2) is 18.2 Å². The Labute approximate surface area is 124 Å². The lowest BCUT2D eigenvalue weighted by molar-refractivity contribution is -0.139. The number of rotatable bonds is 6. The third-order valence-corrected chi connectivity index (χ3v) is 2.91. The Morgan fingerprint density at radius 1 is 1.33 bits per heavy atom. The fourth-order valence-electron chi connectivity index (χ4n) is 1.93. The number of hydrogen-bond donors (Lipinski definition) is 3. The van der Waals surface area contributed by atoms with E-state index in [2.05, 4.69) is 10.6 Å². The second-order valence-electron chi connectivity index (χ2n) is 5.32. The van der Waals surface area contributed by atoms with Crippen LogP contribution >= 0.6 is 0 Å². The Balaban J connectivity index is 2.76. The SMILES string of the molecule is COc1ccc(C)cc1NC(=O)N[C@@H](CC(C)C)C(=O)O. The summed E-state index contributed by atoms with van der Waals surface area (Å²) in [6.45, 7) is 5.69. The van der Waals surface area contributed by atoms with Gasteiger partial charge in [-0.25, -0.2) is 9.59 Å². The van der Waals surface area contributed by atoms with Gasteiger partial charge >= 0.3 is 12.0 Å². The average Bonchev–Trinajstić information content (AvgIpc) is 2.37. The molecule has 21 heavy (non-hydrogen) atoms. The van der Waals surface area contributed by atoms with Crippen molar-refractivity contribution in [1.82, 2.24) is 5.32 Å². The number of amides is 2. The van der Waals surface area contributed by atoms with Crippen molar-refractivity contribution in [2.45, 2.75) is 33.2 Å². The Kier molecular flexibility index (Phi) is 6.02. The van der Waals surface area contributed by atoms with Gasteiger partial charge in [0.1, 0.15) is 11.8 Å². The van der Waals surface area contributed by atoms with Crippen molar-refractivity contribution in [3.8, 4) is 5.75 Å². The summed E-state index contributed by atoms with van der Waals surface area (Å²) in [5.74, 6) is -0.360. The third-order valence-electron chi connectivity index (χ3n) is 2.91. The first-order valence-corrected chi connectivity index (χ1v) is 6.78. The largest absolute Gasteiger partial charge is 0.495 e. The standard InChI is InChI=1S/C15H22N2O4/c1-9(2)7-12(14(18)19)17-15(20)16-11-8-10(3)5-6-13(11)21-4/h5-6,8-9,12H,7H2,1-4H3,(H,18,19)(H2,16,17,20)/t12-/m0/s1. The Bertz CT molecular complexity index is 514. The van der Waals surface area contributed by atoms with Crippen LogP contribution in [0, 0.1) is 12.8 Å². The average molecular weight is 294 g/mol. The van der Waals surface area contributed by atoms with Crippen LogP contribution in [0.25, 0.3) is 0 Å². The van der Waals surface area contributed by atoms with Gasteiger partial charge in [0.15, 0.2) is 0 Å². The topological polar surface area (TPSA) is 87.7 Å². The number of aryl methyl sites for hydroxylation is 1. The quantitative estimate of drug-likeness (QED) is 0.752. The normalized spacial score (nSPS) is 11.9. The number of benzene rings is 1. The highest BCUT2D eigenvalue weighted by molar-refractivity contribution is 5.93. The number of urea groups is 1. The maximum atomic E-state index is 11.9. The zero-order valence-electron chi connectivity index (χ0n) is 12.8. The van der Waals surface area contributed by atoms with Gasteiger partial charge in [-0.2, -0.15) is 0 Å². The van der Waals surface area contributed by atoms with Crippen molar-refractivity contribution in [2.24, 2.45) is 5.92 Å². The molecule has 0 aliphatic rings. The van der Waals surface area contributed by atoms with Gasteiger partial charge in [0, 0.05) is 0 Å². The van der Waals surface area contributed by atoms with Crippen molar-refractivity contribution >= 4 is 17.7 Å². The fraction of sp³-hybridized carbons (Fsp3) is 0.467. The van der Waals surface area contributed by atoms with Crippen LogP contribution in [0.4, 0.5) is 10.5 Å². The molecular weight excluding hydrogens is 272 g/mol.